The van der Waals surface area contributed by atoms with Gasteiger partial charge in [0.05, 0.1) is 0 Å². The van der Waals surface area contributed by atoms with Gasteiger partial charge < -0.3 is 14.4 Å². The van der Waals surface area contributed by atoms with Crippen LogP contribution in [0.4, 0.5) is 0 Å². The van der Waals surface area contributed by atoms with Crippen LogP contribution < -0.4 is 0 Å². The van der Waals surface area contributed by atoms with E-state index < -0.39 is 14.0 Å². The monoisotopic (exact) mass is 449 g/mol. The average Bonchev–Trinajstić information content (AvgIpc) is 2.97. The van der Waals surface area contributed by atoms with Crippen LogP contribution in [0.1, 0.15) is 30.3 Å². The van der Waals surface area contributed by atoms with Gasteiger partial charge in [0.2, 0.25) is 0 Å². The molecule has 0 fully saturated rings. The number of carbonyl (C=O) groups is 1. The van der Waals surface area contributed by atoms with Gasteiger partial charge in [0, 0.05) is 42.8 Å². The number of benzene rings is 2. The molecule has 1 heterocycles. The van der Waals surface area contributed by atoms with Crippen molar-refractivity contribution in [1.29, 1.82) is 0 Å². The van der Waals surface area contributed by atoms with Crippen LogP contribution in [0.25, 0.3) is 28.0 Å². The summed E-state index contributed by atoms with van der Waals surface area (Å²) in [5, 5.41) is 12.0. The minimum atomic E-state index is -1.16. The van der Waals surface area contributed by atoms with Crippen molar-refractivity contribution in [3.05, 3.63) is 65.0 Å². The largest absolute Gasteiger partial charge is 0.478 e. The number of ether oxygens (including phenoxy) is 1. The van der Waals surface area contributed by atoms with E-state index in [1.54, 1.807) is 0 Å². The number of nitrogens with zero attached hydrogens (tertiary/aromatic N) is 1. The fourth-order valence-corrected chi connectivity index (χ4v) is 4.84. The summed E-state index contributed by atoms with van der Waals surface area (Å²) in [5.41, 5.74) is 5.71. The summed E-state index contributed by atoms with van der Waals surface area (Å²) in [6.07, 6.45) is 2.32. The lowest BCUT2D eigenvalue weighted by Crippen LogP contribution is -2.22. The lowest BCUT2D eigenvalue weighted by Gasteiger charge is -2.16. The van der Waals surface area contributed by atoms with E-state index in [0.717, 1.165) is 46.1 Å². The standard InChI is InChI=1S/C27H35NO3Si/c1-7-21(27(29)30)17-25-19(2)28(18-31-15-16-32(4,5)6)20(3)26(25)24-14-10-12-22-11-8-9-13-23(22)24/h8-14,17H,7,15-16,18H2,1-6H3,(H,29,30)/b21-17+. The molecule has 0 saturated carbocycles. The molecule has 0 radical (unpaired) electrons. The molecule has 0 spiro atoms. The molecular formula is C27H35NO3Si. The normalized spacial score (nSPS) is 12.5. The van der Waals surface area contributed by atoms with E-state index in [0.29, 0.717) is 18.7 Å². The molecule has 0 saturated heterocycles. The van der Waals surface area contributed by atoms with E-state index in [1.807, 2.05) is 19.1 Å². The van der Waals surface area contributed by atoms with Crippen LogP contribution in [0.5, 0.6) is 0 Å². The fraction of sp³-hybridized carbons (Fsp3) is 0.370. The third-order valence-corrected chi connectivity index (χ3v) is 7.78. The molecule has 5 heteroatoms. The molecule has 2 aromatic carbocycles. The summed E-state index contributed by atoms with van der Waals surface area (Å²) in [4.78, 5) is 11.8. The van der Waals surface area contributed by atoms with E-state index in [2.05, 4.69) is 74.5 Å². The lowest BCUT2D eigenvalue weighted by atomic mass is 9.94. The first-order valence-corrected chi connectivity index (χ1v) is 15.0. The van der Waals surface area contributed by atoms with Crippen molar-refractivity contribution in [1.82, 2.24) is 4.57 Å². The molecule has 1 aromatic heterocycles. The molecule has 0 aliphatic rings. The Hall–Kier alpha value is -2.63. The summed E-state index contributed by atoms with van der Waals surface area (Å²) >= 11 is 0. The Morgan fingerprint density at radius 2 is 1.75 bits per heavy atom. The molecule has 0 unspecified atom stereocenters. The third kappa shape index (κ3) is 5.22. The Morgan fingerprint density at radius 3 is 2.41 bits per heavy atom. The smallest absolute Gasteiger partial charge is 0.331 e. The van der Waals surface area contributed by atoms with Crippen molar-refractivity contribution in [3.63, 3.8) is 0 Å². The summed E-state index contributed by atoms with van der Waals surface area (Å²) in [6.45, 7) is 14.3. The average molecular weight is 450 g/mol. The highest BCUT2D eigenvalue weighted by Crippen LogP contribution is 2.38. The first kappa shape index (κ1) is 24.0. The van der Waals surface area contributed by atoms with Gasteiger partial charge in [0.15, 0.2) is 0 Å². The summed E-state index contributed by atoms with van der Waals surface area (Å²) < 4.78 is 8.27. The van der Waals surface area contributed by atoms with E-state index >= 15 is 0 Å². The molecule has 32 heavy (non-hydrogen) atoms. The van der Waals surface area contributed by atoms with Crippen LogP contribution in [0.15, 0.2) is 48.0 Å². The summed E-state index contributed by atoms with van der Waals surface area (Å²) in [6, 6.07) is 15.8. The topological polar surface area (TPSA) is 51.5 Å². The van der Waals surface area contributed by atoms with Crippen LogP contribution in [-0.2, 0) is 16.3 Å². The number of hydrogen-bond acceptors (Lipinski definition) is 2. The van der Waals surface area contributed by atoms with Crippen LogP contribution >= 0.6 is 0 Å². The molecular weight excluding hydrogens is 414 g/mol. The number of carboxylic acid groups (broad SMARTS) is 1. The predicted octanol–water partition coefficient (Wildman–Crippen LogP) is 7.12. The maximum absolute atomic E-state index is 11.8. The van der Waals surface area contributed by atoms with Gasteiger partial charge in [0.1, 0.15) is 6.73 Å². The molecule has 0 amide bonds. The molecule has 3 rings (SSSR count). The Labute approximate surface area is 192 Å². The van der Waals surface area contributed by atoms with Gasteiger partial charge in [-0.25, -0.2) is 4.79 Å². The SMILES string of the molecule is CC/C(=C\c1c(-c2cccc3ccccc23)c(C)n(COCC[Si](C)(C)C)c1C)C(=O)O. The van der Waals surface area contributed by atoms with Gasteiger partial charge in [-0.3, -0.25) is 0 Å². The third-order valence-electron chi connectivity index (χ3n) is 6.08. The maximum atomic E-state index is 11.8. The molecule has 170 valence electrons. The van der Waals surface area contributed by atoms with Crippen molar-refractivity contribution >= 4 is 30.9 Å². The first-order chi connectivity index (χ1) is 15.1. The van der Waals surface area contributed by atoms with E-state index in [-0.39, 0.29) is 0 Å². The van der Waals surface area contributed by atoms with Gasteiger partial charge in [-0.05, 0) is 48.7 Å². The Morgan fingerprint density at radius 1 is 1.06 bits per heavy atom. The predicted molar refractivity (Wildman–Crippen MR) is 137 cm³/mol. The highest BCUT2D eigenvalue weighted by Gasteiger charge is 2.21. The molecule has 4 nitrogen and oxygen atoms in total. The number of fused-ring (bicyclic) bond motifs is 1. The molecule has 3 aromatic rings. The van der Waals surface area contributed by atoms with Gasteiger partial charge in [0.25, 0.3) is 0 Å². The number of hydrogen-bond donors (Lipinski definition) is 1. The van der Waals surface area contributed by atoms with E-state index in [9.17, 15) is 9.90 Å². The maximum Gasteiger partial charge on any atom is 0.331 e. The lowest BCUT2D eigenvalue weighted by molar-refractivity contribution is -0.132. The van der Waals surface area contributed by atoms with Crippen LogP contribution in [0.2, 0.25) is 25.7 Å². The number of rotatable bonds is 9. The Bertz CT molecular complexity index is 1150. The van der Waals surface area contributed by atoms with Crippen molar-refractivity contribution in [2.24, 2.45) is 0 Å². The highest BCUT2D eigenvalue weighted by atomic mass is 28.3. The second-order valence-corrected chi connectivity index (χ2v) is 15.2. The zero-order chi connectivity index (χ0) is 23.5. The van der Waals surface area contributed by atoms with E-state index in [1.165, 1.54) is 5.39 Å². The zero-order valence-corrected chi connectivity index (χ0v) is 21.2. The van der Waals surface area contributed by atoms with Crippen LogP contribution in [0, 0.1) is 13.8 Å². The Kier molecular flexibility index (Phi) is 7.42. The number of aromatic nitrogens is 1. The number of aliphatic carboxylic acids is 1. The summed E-state index contributed by atoms with van der Waals surface area (Å²) in [5.74, 6) is -0.868. The van der Waals surface area contributed by atoms with Gasteiger partial charge >= 0.3 is 5.97 Å². The number of carboxylic acids is 1. The minimum absolute atomic E-state index is 0.409. The van der Waals surface area contributed by atoms with Gasteiger partial charge in [-0.15, -0.1) is 0 Å². The minimum Gasteiger partial charge on any atom is -0.478 e. The van der Waals surface area contributed by atoms with E-state index in [4.69, 9.17) is 4.74 Å². The first-order valence-electron chi connectivity index (χ1n) is 11.3. The second kappa shape index (κ2) is 9.88. The van der Waals surface area contributed by atoms with Crippen LogP contribution in [0.3, 0.4) is 0 Å². The molecule has 1 N–H and O–H groups in total. The zero-order valence-electron chi connectivity index (χ0n) is 20.2. The molecule has 0 bridgehead atoms. The molecule has 0 atom stereocenters. The van der Waals surface area contributed by atoms with Crippen molar-refractivity contribution in [3.8, 4) is 11.1 Å². The van der Waals surface area contributed by atoms with Crippen LogP contribution in [-0.4, -0.2) is 30.3 Å². The molecule has 0 aliphatic carbocycles. The van der Waals surface area contributed by atoms with Crippen molar-refractivity contribution < 1.29 is 14.6 Å². The fourth-order valence-electron chi connectivity index (χ4n) is 4.08. The Balaban J connectivity index is 2.15. The quantitative estimate of drug-likeness (QED) is 0.215. The van der Waals surface area contributed by atoms with Crippen molar-refractivity contribution in [2.75, 3.05) is 6.61 Å². The van der Waals surface area contributed by atoms with Gasteiger partial charge in [-0.1, -0.05) is 69.0 Å². The second-order valence-electron chi connectivity index (χ2n) is 9.59. The van der Waals surface area contributed by atoms with Gasteiger partial charge in [-0.2, -0.15) is 0 Å². The molecule has 0 aliphatic heterocycles. The highest BCUT2D eigenvalue weighted by molar-refractivity contribution is 6.76. The summed E-state index contributed by atoms with van der Waals surface area (Å²) in [7, 11) is -1.16. The van der Waals surface area contributed by atoms with Crippen molar-refractivity contribution in [2.45, 2.75) is 59.6 Å².